The van der Waals surface area contributed by atoms with Crippen LogP contribution >= 0.6 is 23.2 Å². The highest BCUT2D eigenvalue weighted by atomic mass is 35.5. The molecule has 0 spiro atoms. The van der Waals surface area contributed by atoms with Gasteiger partial charge in [0.1, 0.15) is 0 Å². The second-order valence-electron chi connectivity index (χ2n) is 5.33. The Kier molecular flexibility index (Phi) is 7.29. The third-order valence-electron chi connectivity index (χ3n) is 3.20. The van der Waals surface area contributed by atoms with Crippen LogP contribution in [-0.2, 0) is 9.53 Å². The topological polar surface area (TPSA) is 64.3 Å². The van der Waals surface area contributed by atoms with E-state index in [2.05, 4.69) is 19.2 Å². The van der Waals surface area contributed by atoms with Crippen LogP contribution in [0.25, 0.3) is 0 Å². The normalized spacial score (nSPS) is 12.5. The van der Waals surface area contributed by atoms with Crippen LogP contribution in [0.15, 0.2) is 12.1 Å². The van der Waals surface area contributed by atoms with Crippen molar-refractivity contribution in [2.75, 3.05) is 17.7 Å². The van der Waals surface area contributed by atoms with Crippen molar-refractivity contribution in [2.45, 2.75) is 39.7 Å². The summed E-state index contributed by atoms with van der Waals surface area (Å²) < 4.78 is 5.62. The number of hydrogen-bond acceptors (Lipinski definition) is 3. The zero-order valence-corrected chi connectivity index (χ0v) is 14.1. The summed E-state index contributed by atoms with van der Waals surface area (Å²) in [7, 11) is 0. The van der Waals surface area contributed by atoms with Gasteiger partial charge in [-0.2, -0.15) is 0 Å². The minimum Gasteiger partial charge on any atom is -0.399 e. The lowest BCUT2D eigenvalue weighted by Crippen LogP contribution is -2.18. The van der Waals surface area contributed by atoms with Crippen LogP contribution < -0.4 is 11.1 Å². The smallest absolute Gasteiger partial charge is 0.224 e. The van der Waals surface area contributed by atoms with Gasteiger partial charge in [0.2, 0.25) is 5.91 Å². The van der Waals surface area contributed by atoms with E-state index in [1.807, 2.05) is 6.92 Å². The Bertz CT molecular complexity index is 470. The monoisotopic (exact) mass is 332 g/mol. The predicted molar refractivity (Wildman–Crippen MR) is 89.0 cm³/mol. The van der Waals surface area contributed by atoms with E-state index in [1.165, 1.54) is 0 Å². The summed E-state index contributed by atoms with van der Waals surface area (Å²) in [6.45, 7) is 6.78. The van der Waals surface area contributed by atoms with Crippen LogP contribution in [0.3, 0.4) is 0 Å². The molecule has 1 atom stereocenters. The van der Waals surface area contributed by atoms with E-state index in [0.29, 0.717) is 46.8 Å². The summed E-state index contributed by atoms with van der Waals surface area (Å²) in [4.78, 5) is 11.9. The first-order valence-electron chi connectivity index (χ1n) is 6.97. The van der Waals surface area contributed by atoms with Crippen LogP contribution in [0.2, 0.25) is 10.0 Å². The molecule has 4 nitrogen and oxygen atoms in total. The number of nitrogens with two attached hydrogens (primary N) is 1. The highest BCUT2D eigenvalue weighted by molar-refractivity contribution is 6.40. The first kappa shape index (κ1) is 18.1. The van der Waals surface area contributed by atoms with Crippen molar-refractivity contribution in [2.24, 2.45) is 5.92 Å². The van der Waals surface area contributed by atoms with E-state index in [1.54, 1.807) is 12.1 Å². The molecule has 1 rings (SSSR count). The van der Waals surface area contributed by atoms with Crippen LogP contribution in [0, 0.1) is 5.92 Å². The maximum absolute atomic E-state index is 11.9. The molecule has 1 amide bonds. The van der Waals surface area contributed by atoms with E-state index in [9.17, 15) is 4.79 Å². The molecule has 0 heterocycles. The van der Waals surface area contributed by atoms with Gasteiger partial charge in [0.25, 0.3) is 0 Å². The fraction of sp³-hybridized carbons (Fsp3) is 0.533. The number of carbonyl (C=O) groups excluding carboxylic acids is 1. The van der Waals surface area contributed by atoms with Gasteiger partial charge in [-0.05, 0) is 31.4 Å². The van der Waals surface area contributed by atoms with Gasteiger partial charge in [0.05, 0.1) is 21.8 Å². The molecule has 0 aliphatic carbocycles. The Hall–Kier alpha value is -0.970. The summed E-state index contributed by atoms with van der Waals surface area (Å²) in [6.07, 6.45) is 1.18. The Balaban J connectivity index is 2.41. The lowest BCUT2D eigenvalue weighted by molar-refractivity contribution is -0.116. The molecule has 0 fully saturated rings. The zero-order chi connectivity index (χ0) is 16.0. The largest absolute Gasteiger partial charge is 0.399 e. The van der Waals surface area contributed by atoms with Crippen LogP contribution in [0.5, 0.6) is 0 Å². The standard InChI is InChI=1S/C15H22Cl2N2O2/c1-9(2)10(3)21-6-4-5-14(20)19-15-12(16)7-11(18)8-13(15)17/h7-10H,4-6,18H2,1-3H3,(H,19,20). The Morgan fingerprint density at radius 2 is 1.86 bits per heavy atom. The van der Waals surface area contributed by atoms with Gasteiger partial charge in [-0.3, -0.25) is 4.79 Å². The average Bonchev–Trinajstić information content (AvgIpc) is 2.38. The summed E-state index contributed by atoms with van der Waals surface area (Å²) in [5.74, 6) is 0.315. The van der Waals surface area contributed by atoms with Gasteiger partial charge in [-0.25, -0.2) is 0 Å². The second kappa shape index (κ2) is 8.47. The van der Waals surface area contributed by atoms with Crippen molar-refractivity contribution < 1.29 is 9.53 Å². The van der Waals surface area contributed by atoms with Crippen molar-refractivity contribution in [3.63, 3.8) is 0 Å². The highest BCUT2D eigenvalue weighted by Gasteiger charge is 2.11. The van der Waals surface area contributed by atoms with E-state index in [0.717, 1.165) is 0 Å². The third kappa shape index (κ3) is 6.12. The minimum absolute atomic E-state index is 0.149. The van der Waals surface area contributed by atoms with Crippen molar-refractivity contribution in [3.05, 3.63) is 22.2 Å². The van der Waals surface area contributed by atoms with E-state index in [4.69, 9.17) is 33.7 Å². The number of nitrogens with one attached hydrogen (secondary N) is 1. The molecule has 0 saturated heterocycles. The quantitative estimate of drug-likeness (QED) is 0.576. The van der Waals surface area contributed by atoms with Gasteiger partial charge in [0, 0.05) is 18.7 Å². The van der Waals surface area contributed by atoms with E-state index < -0.39 is 0 Å². The maximum Gasteiger partial charge on any atom is 0.224 e. The lowest BCUT2D eigenvalue weighted by atomic mass is 10.1. The molecule has 0 aliphatic rings. The molecule has 1 unspecified atom stereocenters. The molecule has 21 heavy (non-hydrogen) atoms. The predicted octanol–water partition coefficient (Wildman–Crippen LogP) is 4.36. The van der Waals surface area contributed by atoms with Gasteiger partial charge in [-0.15, -0.1) is 0 Å². The number of amides is 1. The number of rotatable bonds is 7. The molecule has 1 aromatic carbocycles. The Labute approximate surface area is 135 Å². The van der Waals surface area contributed by atoms with Crippen molar-refractivity contribution in [1.82, 2.24) is 0 Å². The maximum atomic E-state index is 11.9. The second-order valence-corrected chi connectivity index (χ2v) is 6.15. The highest BCUT2D eigenvalue weighted by Crippen LogP contribution is 2.32. The van der Waals surface area contributed by atoms with Crippen LogP contribution in [0.4, 0.5) is 11.4 Å². The molecule has 0 bridgehead atoms. The number of halogens is 2. The molecule has 1 aromatic rings. The van der Waals surface area contributed by atoms with Crippen molar-refractivity contribution in [3.8, 4) is 0 Å². The van der Waals surface area contributed by atoms with Crippen LogP contribution in [0.1, 0.15) is 33.6 Å². The van der Waals surface area contributed by atoms with Gasteiger partial charge < -0.3 is 15.8 Å². The lowest BCUT2D eigenvalue weighted by Gasteiger charge is -2.16. The van der Waals surface area contributed by atoms with E-state index >= 15 is 0 Å². The van der Waals surface area contributed by atoms with Crippen molar-refractivity contribution >= 4 is 40.5 Å². The molecule has 0 saturated carbocycles. The molecular formula is C15H22Cl2N2O2. The van der Waals surface area contributed by atoms with Crippen LogP contribution in [-0.4, -0.2) is 18.6 Å². The molecule has 6 heteroatoms. The Morgan fingerprint density at radius 1 is 1.29 bits per heavy atom. The first-order valence-corrected chi connectivity index (χ1v) is 7.72. The number of anilines is 2. The zero-order valence-electron chi connectivity index (χ0n) is 12.6. The van der Waals surface area contributed by atoms with Gasteiger partial charge >= 0.3 is 0 Å². The number of ether oxygens (including phenoxy) is 1. The molecule has 0 aromatic heterocycles. The fourth-order valence-corrected chi connectivity index (χ4v) is 2.21. The number of benzene rings is 1. The first-order chi connectivity index (χ1) is 9.81. The number of nitrogen functional groups attached to an aromatic ring is 1. The summed E-state index contributed by atoms with van der Waals surface area (Å²) in [5.41, 5.74) is 6.47. The van der Waals surface area contributed by atoms with Crippen molar-refractivity contribution in [1.29, 1.82) is 0 Å². The molecule has 3 N–H and O–H groups in total. The number of hydrogen-bond donors (Lipinski definition) is 2. The molecule has 118 valence electrons. The fourth-order valence-electron chi connectivity index (χ4n) is 1.61. The SMILES string of the molecule is CC(C)C(C)OCCCC(=O)Nc1c(Cl)cc(N)cc1Cl. The van der Waals surface area contributed by atoms with Gasteiger partial charge in [0.15, 0.2) is 0 Å². The third-order valence-corrected chi connectivity index (χ3v) is 3.79. The summed E-state index contributed by atoms with van der Waals surface area (Å²) >= 11 is 12.0. The number of carbonyl (C=O) groups is 1. The van der Waals surface area contributed by atoms with E-state index in [-0.39, 0.29) is 12.0 Å². The summed E-state index contributed by atoms with van der Waals surface area (Å²) in [5, 5.41) is 3.37. The minimum atomic E-state index is -0.149. The molecular weight excluding hydrogens is 311 g/mol. The Morgan fingerprint density at radius 3 is 2.38 bits per heavy atom. The molecule has 0 radical (unpaired) electrons. The van der Waals surface area contributed by atoms with Gasteiger partial charge in [-0.1, -0.05) is 37.0 Å². The average molecular weight is 333 g/mol. The summed E-state index contributed by atoms with van der Waals surface area (Å²) in [6, 6.07) is 3.10. The molecule has 0 aliphatic heterocycles.